The fourth-order valence-electron chi connectivity index (χ4n) is 3.10. The van der Waals surface area contributed by atoms with Crippen molar-refractivity contribution in [2.75, 3.05) is 13.2 Å². The van der Waals surface area contributed by atoms with E-state index in [4.69, 9.17) is 9.84 Å². The molecule has 0 fully saturated rings. The molecule has 0 saturated heterocycles. The minimum Gasteiger partial charge on any atom is -0.506 e. The summed E-state index contributed by atoms with van der Waals surface area (Å²) in [6.07, 6.45) is 0.808. The van der Waals surface area contributed by atoms with Crippen LogP contribution < -0.4 is 15.6 Å². The first-order valence-electron chi connectivity index (χ1n) is 9.48. The molecule has 1 amide bonds. The zero-order valence-electron chi connectivity index (χ0n) is 16.4. The smallest absolute Gasteiger partial charge is 0.322 e. The minimum absolute atomic E-state index is 0.160. The molecule has 8 heteroatoms. The van der Waals surface area contributed by atoms with Crippen molar-refractivity contribution in [2.24, 2.45) is 0 Å². The predicted molar refractivity (Wildman–Crippen MR) is 111 cm³/mol. The van der Waals surface area contributed by atoms with Gasteiger partial charge in [-0.15, -0.1) is 0 Å². The third-order valence-corrected chi connectivity index (χ3v) is 4.49. The van der Waals surface area contributed by atoms with Gasteiger partial charge < -0.3 is 24.8 Å². The van der Waals surface area contributed by atoms with Gasteiger partial charge in [-0.3, -0.25) is 14.4 Å². The van der Waals surface area contributed by atoms with Gasteiger partial charge in [0.05, 0.1) is 18.7 Å². The lowest BCUT2D eigenvalue weighted by molar-refractivity contribution is -0.135. The number of carbonyl (C=O) groups is 2. The zero-order valence-corrected chi connectivity index (χ0v) is 16.4. The molecular weight excluding hydrogens is 388 g/mol. The van der Waals surface area contributed by atoms with Crippen LogP contribution in [0.5, 0.6) is 11.5 Å². The van der Waals surface area contributed by atoms with E-state index in [2.05, 4.69) is 5.32 Å². The molecule has 0 spiro atoms. The Morgan fingerprint density at radius 3 is 2.53 bits per heavy atom. The monoisotopic (exact) mass is 410 g/mol. The third kappa shape index (κ3) is 4.43. The van der Waals surface area contributed by atoms with Crippen LogP contribution in [-0.2, 0) is 11.3 Å². The van der Waals surface area contributed by atoms with Crippen LogP contribution in [0.3, 0.4) is 0 Å². The first kappa shape index (κ1) is 20.9. The van der Waals surface area contributed by atoms with Crippen LogP contribution in [0.2, 0.25) is 0 Å². The lowest BCUT2D eigenvalue weighted by atomic mass is 10.1. The number of benzene rings is 2. The van der Waals surface area contributed by atoms with Crippen molar-refractivity contribution in [1.29, 1.82) is 0 Å². The second kappa shape index (κ2) is 9.13. The first-order chi connectivity index (χ1) is 14.4. The number of rotatable bonds is 8. The number of pyridine rings is 1. The summed E-state index contributed by atoms with van der Waals surface area (Å²) in [6.45, 7) is 1.96. The molecule has 1 aromatic heterocycles. The maximum absolute atomic E-state index is 13.2. The van der Waals surface area contributed by atoms with Crippen molar-refractivity contribution in [2.45, 2.75) is 19.9 Å². The highest BCUT2D eigenvalue weighted by atomic mass is 16.5. The van der Waals surface area contributed by atoms with Crippen molar-refractivity contribution in [3.8, 4) is 11.5 Å². The van der Waals surface area contributed by atoms with E-state index in [1.54, 1.807) is 18.2 Å². The molecule has 0 radical (unpaired) electrons. The second-order valence-electron chi connectivity index (χ2n) is 6.70. The number of hydrogen-bond donors (Lipinski definition) is 3. The molecule has 3 aromatic rings. The summed E-state index contributed by atoms with van der Waals surface area (Å²) in [7, 11) is 0. The van der Waals surface area contributed by atoms with Crippen molar-refractivity contribution < 1.29 is 24.5 Å². The molecule has 0 atom stereocenters. The van der Waals surface area contributed by atoms with Crippen molar-refractivity contribution in [1.82, 2.24) is 9.88 Å². The minimum atomic E-state index is -1.26. The maximum atomic E-state index is 13.2. The number of carboxylic acid groups (broad SMARTS) is 1. The number of fused-ring (bicyclic) bond motifs is 1. The summed E-state index contributed by atoms with van der Waals surface area (Å²) < 4.78 is 7.02. The van der Waals surface area contributed by atoms with E-state index in [-0.39, 0.29) is 11.9 Å². The summed E-state index contributed by atoms with van der Waals surface area (Å²) in [6, 6.07) is 14.1. The van der Waals surface area contributed by atoms with Gasteiger partial charge in [-0.1, -0.05) is 37.3 Å². The molecule has 8 nitrogen and oxygen atoms in total. The molecule has 30 heavy (non-hydrogen) atoms. The fourth-order valence-corrected chi connectivity index (χ4v) is 3.10. The number of aliphatic carboxylic acids is 1. The van der Waals surface area contributed by atoms with Crippen LogP contribution in [0, 0.1) is 0 Å². The van der Waals surface area contributed by atoms with Gasteiger partial charge in [-0.25, -0.2) is 0 Å². The summed E-state index contributed by atoms with van der Waals surface area (Å²) in [5.41, 5.74) is 0.00870. The van der Waals surface area contributed by atoms with Gasteiger partial charge in [0, 0.05) is 11.5 Å². The fraction of sp³-hybridized carbons (Fsp3) is 0.227. The molecule has 0 saturated carbocycles. The Morgan fingerprint density at radius 2 is 1.87 bits per heavy atom. The quantitative estimate of drug-likeness (QED) is 0.525. The molecule has 2 aromatic carbocycles. The largest absolute Gasteiger partial charge is 0.506 e. The van der Waals surface area contributed by atoms with Crippen molar-refractivity contribution in [3.05, 3.63) is 70.0 Å². The van der Waals surface area contributed by atoms with E-state index in [9.17, 15) is 19.5 Å². The first-order valence-corrected chi connectivity index (χ1v) is 9.48. The molecule has 0 aliphatic heterocycles. The van der Waals surface area contributed by atoms with Crippen LogP contribution in [0.25, 0.3) is 10.9 Å². The van der Waals surface area contributed by atoms with E-state index in [1.165, 1.54) is 4.57 Å². The second-order valence-corrected chi connectivity index (χ2v) is 6.70. The lowest BCUT2D eigenvalue weighted by Gasteiger charge is -2.16. The third-order valence-electron chi connectivity index (χ3n) is 4.49. The number of hydrogen-bond acceptors (Lipinski definition) is 5. The van der Waals surface area contributed by atoms with Crippen LogP contribution in [0.4, 0.5) is 0 Å². The average Bonchev–Trinajstić information content (AvgIpc) is 2.74. The molecule has 0 aliphatic rings. The Bertz CT molecular complexity index is 1140. The molecule has 1 heterocycles. The molecular formula is C22H22N2O6. The van der Waals surface area contributed by atoms with Crippen LogP contribution in [0.15, 0.2) is 53.3 Å². The van der Waals surface area contributed by atoms with E-state index >= 15 is 0 Å². The van der Waals surface area contributed by atoms with Crippen molar-refractivity contribution >= 4 is 22.8 Å². The molecule has 156 valence electrons. The molecule has 0 aliphatic carbocycles. The molecule has 3 rings (SSSR count). The molecule has 3 N–H and O–H groups in total. The van der Waals surface area contributed by atoms with E-state index in [0.717, 1.165) is 12.0 Å². The highest BCUT2D eigenvalue weighted by Crippen LogP contribution is 2.30. The number of nitrogens with zero attached hydrogens (tertiary/aromatic N) is 1. The highest BCUT2D eigenvalue weighted by Gasteiger charge is 2.23. The Hall–Kier alpha value is -3.81. The van der Waals surface area contributed by atoms with Gasteiger partial charge in [0.2, 0.25) is 0 Å². The Balaban J connectivity index is 2.19. The lowest BCUT2D eigenvalue weighted by Crippen LogP contribution is -2.36. The normalized spacial score (nSPS) is 10.7. The van der Waals surface area contributed by atoms with Gasteiger partial charge in [0.15, 0.2) is 0 Å². The standard InChI is InChI=1S/C22H22N2O6/c1-2-10-30-15-8-9-16-17(11-15)24(13-14-6-4-3-5-7-14)22(29)19(20(16)27)21(28)23-12-18(25)26/h3-9,11,27H,2,10,12-13H2,1H3,(H,23,28)(H,25,26). The summed E-state index contributed by atoms with van der Waals surface area (Å²) in [4.78, 5) is 36.4. The van der Waals surface area contributed by atoms with Crippen LogP contribution in [-0.4, -0.2) is 39.8 Å². The molecule has 0 bridgehead atoms. The zero-order chi connectivity index (χ0) is 21.7. The molecule has 0 unspecified atom stereocenters. The number of carbonyl (C=O) groups excluding carboxylic acids is 1. The Kier molecular flexibility index (Phi) is 6.36. The van der Waals surface area contributed by atoms with Gasteiger partial charge >= 0.3 is 5.97 Å². The Labute approximate surface area is 172 Å². The number of aromatic hydroxyl groups is 1. The number of carboxylic acids is 1. The SMILES string of the molecule is CCCOc1ccc2c(O)c(C(=O)NCC(=O)O)c(=O)n(Cc3ccccc3)c2c1. The number of aromatic nitrogens is 1. The van der Waals surface area contributed by atoms with E-state index in [1.807, 2.05) is 37.3 Å². The van der Waals surface area contributed by atoms with Gasteiger partial charge in [0.25, 0.3) is 11.5 Å². The Morgan fingerprint density at radius 1 is 1.13 bits per heavy atom. The summed E-state index contributed by atoms with van der Waals surface area (Å²) in [5, 5.41) is 21.9. The van der Waals surface area contributed by atoms with E-state index < -0.39 is 35.3 Å². The maximum Gasteiger partial charge on any atom is 0.322 e. The van der Waals surface area contributed by atoms with Crippen molar-refractivity contribution in [3.63, 3.8) is 0 Å². The number of ether oxygens (including phenoxy) is 1. The van der Waals surface area contributed by atoms with Gasteiger partial charge in [-0.2, -0.15) is 0 Å². The summed E-state index contributed by atoms with van der Waals surface area (Å²) in [5.74, 6) is -2.17. The number of nitrogens with one attached hydrogen (secondary N) is 1. The summed E-state index contributed by atoms with van der Waals surface area (Å²) >= 11 is 0. The number of amides is 1. The van der Waals surface area contributed by atoms with Gasteiger partial charge in [0.1, 0.15) is 23.6 Å². The van der Waals surface area contributed by atoms with Gasteiger partial charge in [-0.05, 0) is 24.1 Å². The van der Waals surface area contributed by atoms with Crippen LogP contribution in [0.1, 0.15) is 29.3 Å². The van der Waals surface area contributed by atoms with Crippen LogP contribution >= 0.6 is 0 Å². The highest BCUT2D eigenvalue weighted by molar-refractivity contribution is 6.03. The topological polar surface area (TPSA) is 118 Å². The van der Waals surface area contributed by atoms with E-state index in [0.29, 0.717) is 17.9 Å². The predicted octanol–water partition coefficient (Wildman–Crippen LogP) is 2.36. The average molecular weight is 410 g/mol.